The molecule has 7 heteroatoms. The van der Waals surface area contributed by atoms with Gasteiger partial charge in [0.25, 0.3) is 0 Å². The van der Waals surface area contributed by atoms with E-state index in [1.165, 1.54) is 145 Å². The molecule has 15 aliphatic rings. The number of fused-ring (bicyclic) bond motifs is 21. The maximum Gasteiger partial charge on any atom is 0.0952 e. The summed E-state index contributed by atoms with van der Waals surface area (Å²) in [4.78, 5) is 0. The van der Waals surface area contributed by atoms with Crippen LogP contribution in [0.5, 0.6) is 0 Å². The van der Waals surface area contributed by atoms with E-state index in [1.807, 2.05) is 0 Å². The van der Waals surface area contributed by atoms with E-state index < -0.39 is 6.10 Å². The summed E-state index contributed by atoms with van der Waals surface area (Å²) >= 11 is 0. The Bertz CT molecular complexity index is 3200. The lowest BCUT2D eigenvalue weighted by Gasteiger charge is -2.73. The van der Waals surface area contributed by atoms with E-state index in [2.05, 4.69) is 164 Å². The summed E-state index contributed by atoms with van der Waals surface area (Å²) in [6.07, 6.45) is 36.5. The summed E-state index contributed by atoms with van der Waals surface area (Å²) in [6.45, 7) is 71.7. The quantitative estimate of drug-likeness (QED) is 0.0897. The lowest BCUT2D eigenvalue weighted by Crippen LogP contribution is -2.67. The van der Waals surface area contributed by atoms with Crippen LogP contribution in [0.1, 0.15) is 324 Å². The second kappa shape index (κ2) is 26.4. The number of ether oxygens (including phenoxy) is 1. The van der Waals surface area contributed by atoms with Crippen LogP contribution in [-0.4, -0.2) is 62.7 Å². The Labute approximate surface area is 636 Å². The van der Waals surface area contributed by atoms with E-state index in [1.54, 1.807) is 0 Å². The standard InChI is InChI=1S/C33H54O3.C33H54O.C31H50O3/c1-9-36-22(4)33-17-12-23(21(2)3)28(33)24-10-11-26-29(5)15-14-27(35)30(6,20-34)25(29)13-16-32(26,8)31(24,7)18-19-33;1-10-29(6)22(4)13-16-30(7)26(29)15-17-32(9)27(30)12-11-25-28-24(21(2)3)14-18-33(28,23(5)34)20-19-31(25,32)8;1-19(2)21-10-15-31(20(3)33)17-16-29(6)22(26(21)31)8-9-24-27(4)13-12-25(34)28(5,18-32)23(27)11-14-30(24,29)7/h23-28,34-35H,2,4,9-20H2,1,3,5-8H3;22,24-28,34H,2,5,10-20H2,1,3-4,6-9H3;21-26,32-34H,1,3,8-18H2,2,4-7H3/t23-,24?,25+,26?,27-,28?,29-,30-,31+,32+,33+;22-,24-,25?,26-,27?,28?,29+,30-,31+,32+,33+;21-,22?,23+,24?,25-,26?,27-,28-,29+,30+,31+/m000/s1. The molecule has 588 valence electrons. The Balaban J connectivity index is 0.000000139. The van der Waals surface area contributed by atoms with Gasteiger partial charge in [-0.25, -0.2) is 0 Å². The normalized spacial score (nSPS) is 55.7. The molecule has 15 saturated carbocycles. The summed E-state index contributed by atoms with van der Waals surface area (Å²) in [5.41, 5.74) is 6.30. The van der Waals surface area contributed by atoms with Crippen LogP contribution in [0.15, 0.2) is 73.5 Å². The molecule has 7 nitrogen and oxygen atoms in total. The highest BCUT2D eigenvalue weighted by atomic mass is 16.5. The maximum absolute atomic E-state index is 11.0. The first kappa shape index (κ1) is 79.8. The molecule has 15 aliphatic carbocycles. The molecule has 15 fully saturated rings. The van der Waals surface area contributed by atoms with Crippen LogP contribution in [0.2, 0.25) is 0 Å². The van der Waals surface area contributed by atoms with Crippen molar-refractivity contribution >= 4 is 0 Å². The molecule has 0 aromatic rings. The number of hydrogen-bond acceptors (Lipinski definition) is 7. The largest absolute Gasteiger partial charge is 0.512 e. The first-order valence-electron chi connectivity index (χ1n) is 44.1. The second-order valence-electron chi connectivity index (χ2n) is 44.5. The molecule has 0 heterocycles. The van der Waals surface area contributed by atoms with E-state index in [0.717, 1.165) is 94.1 Å². The van der Waals surface area contributed by atoms with Gasteiger partial charge in [0, 0.05) is 27.1 Å². The van der Waals surface area contributed by atoms with Crippen molar-refractivity contribution in [2.45, 2.75) is 336 Å². The highest BCUT2D eigenvalue weighted by Crippen LogP contribution is 2.83. The predicted molar refractivity (Wildman–Crippen MR) is 430 cm³/mol. The topological polar surface area (TPSA) is 131 Å². The average molecular weight is 1440 g/mol. The fraction of sp³-hybridized carbons (Fsp3) is 0.876. The Morgan fingerprint density at radius 2 is 0.654 bits per heavy atom. The number of allylic oxidation sites excluding steroid dienone is 6. The van der Waals surface area contributed by atoms with Crippen LogP contribution < -0.4 is 0 Å². The molecule has 104 heavy (non-hydrogen) atoms. The van der Waals surface area contributed by atoms with Crippen LogP contribution in [0.25, 0.3) is 0 Å². The van der Waals surface area contributed by atoms with Crippen LogP contribution in [-0.2, 0) is 4.74 Å². The van der Waals surface area contributed by atoms with Crippen molar-refractivity contribution in [3.05, 3.63) is 73.5 Å². The van der Waals surface area contributed by atoms with Gasteiger partial charge < -0.3 is 35.4 Å². The molecule has 33 atom stereocenters. The highest BCUT2D eigenvalue weighted by Gasteiger charge is 2.76. The fourth-order valence-electron chi connectivity index (χ4n) is 35.9. The predicted octanol–water partition coefficient (Wildman–Crippen LogP) is 24.3. The van der Waals surface area contributed by atoms with Gasteiger partial charge in [0.1, 0.15) is 0 Å². The minimum absolute atomic E-state index is 0.0564. The zero-order valence-electron chi connectivity index (χ0n) is 70.3. The van der Waals surface area contributed by atoms with Gasteiger partial charge >= 0.3 is 0 Å². The fourth-order valence-corrected chi connectivity index (χ4v) is 35.9. The molecule has 0 saturated heterocycles. The van der Waals surface area contributed by atoms with Crippen molar-refractivity contribution in [2.24, 2.45) is 176 Å². The minimum Gasteiger partial charge on any atom is -0.512 e. The van der Waals surface area contributed by atoms with Crippen LogP contribution in [0.3, 0.4) is 0 Å². The first-order valence-corrected chi connectivity index (χ1v) is 44.1. The molecule has 9 unspecified atom stereocenters. The van der Waals surface area contributed by atoms with Crippen LogP contribution >= 0.6 is 0 Å². The van der Waals surface area contributed by atoms with Gasteiger partial charge in [-0.3, -0.25) is 0 Å². The van der Waals surface area contributed by atoms with Crippen molar-refractivity contribution in [1.29, 1.82) is 0 Å². The van der Waals surface area contributed by atoms with Crippen molar-refractivity contribution in [1.82, 2.24) is 0 Å². The third-order valence-electron chi connectivity index (χ3n) is 42.5. The molecular weight excluding hydrogens is 1280 g/mol. The van der Waals surface area contributed by atoms with Crippen molar-refractivity contribution in [2.75, 3.05) is 19.8 Å². The van der Waals surface area contributed by atoms with Gasteiger partial charge in [-0.1, -0.05) is 160 Å². The highest BCUT2D eigenvalue weighted by molar-refractivity contribution is 5.30. The van der Waals surface area contributed by atoms with Gasteiger partial charge in [0.15, 0.2) is 0 Å². The molecule has 0 aliphatic heterocycles. The van der Waals surface area contributed by atoms with E-state index in [9.17, 15) is 30.6 Å². The monoisotopic (exact) mass is 1440 g/mol. The summed E-state index contributed by atoms with van der Waals surface area (Å²) in [7, 11) is 0. The third-order valence-corrected chi connectivity index (χ3v) is 42.5. The molecule has 0 spiro atoms. The summed E-state index contributed by atoms with van der Waals surface area (Å²) in [5.74, 6) is 11.8. The first-order chi connectivity index (χ1) is 48.5. The average Bonchev–Trinajstić information content (AvgIpc) is 0.949. The lowest BCUT2D eigenvalue weighted by molar-refractivity contribution is -0.253. The van der Waals surface area contributed by atoms with Gasteiger partial charge in [0.2, 0.25) is 0 Å². The second-order valence-corrected chi connectivity index (χ2v) is 44.5. The molecule has 15 rings (SSSR count). The van der Waals surface area contributed by atoms with Gasteiger partial charge in [-0.05, 0) is 369 Å². The molecule has 6 N–H and O–H groups in total. The minimum atomic E-state index is -0.396. The number of aliphatic hydroxyl groups is 6. The summed E-state index contributed by atoms with van der Waals surface area (Å²) in [6, 6.07) is 0. The van der Waals surface area contributed by atoms with E-state index in [-0.39, 0.29) is 78.9 Å². The van der Waals surface area contributed by atoms with E-state index >= 15 is 0 Å². The number of aliphatic hydroxyl groups excluding tert-OH is 6. The molecule has 0 aromatic carbocycles. The Morgan fingerprint density at radius 3 is 0.962 bits per heavy atom. The van der Waals surface area contributed by atoms with Crippen LogP contribution in [0, 0.1) is 176 Å². The number of hydrogen-bond donors (Lipinski definition) is 6. The smallest absolute Gasteiger partial charge is 0.0952 e. The molecule has 0 amide bonds. The lowest BCUT2D eigenvalue weighted by atomic mass is 9.31. The molecule has 0 bridgehead atoms. The molecular formula is C97H158O7. The number of rotatable bonds is 11. The van der Waals surface area contributed by atoms with Crippen molar-refractivity contribution in [3.8, 4) is 0 Å². The zero-order valence-corrected chi connectivity index (χ0v) is 70.3. The summed E-state index contributed by atoms with van der Waals surface area (Å²) < 4.78 is 6.22. The van der Waals surface area contributed by atoms with Crippen molar-refractivity contribution in [3.63, 3.8) is 0 Å². The van der Waals surface area contributed by atoms with Gasteiger partial charge in [-0.2, -0.15) is 0 Å². The molecule has 0 aromatic heterocycles. The van der Waals surface area contributed by atoms with Gasteiger partial charge in [0.05, 0.1) is 49.3 Å². The van der Waals surface area contributed by atoms with E-state index in [0.29, 0.717) is 117 Å². The Morgan fingerprint density at radius 1 is 0.346 bits per heavy atom. The van der Waals surface area contributed by atoms with Gasteiger partial charge in [-0.15, -0.1) is 0 Å². The zero-order chi connectivity index (χ0) is 76.1. The Hall–Kier alpha value is -2.32. The maximum atomic E-state index is 11.0. The third kappa shape index (κ3) is 10.3. The van der Waals surface area contributed by atoms with Crippen molar-refractivity contribution < 1.29 is 35.4 Å². The molecule has 0 radical (unpaired) electrons. The Kier molecular flexibility index (Phi) is 20.2. The van der Waals surface area contributed by atoms with Crippen LogP contribution in [0.4, 0.5) is 0 Å². The summed E-state index contributed by atoms with van der Waals surface area (Å²) in [5, 5.41) is 64.8. The SMILES string of the molecule is C=C(C)[C@@H]1CC[C@]2(C(=C)O)CC[C@]3(C)C(CCC4[C@@]5(C)CC[C@H](C)[C@@](C)(CC)[C@@H]5CC[C@]43C)C12.C=C(C)[C@@H]1CC[C@]2(C(=C)O)CC[C@]3(C)C(CCC4[C@@]5(C)CC[C@H](O)[C@@](C)(CO)[C@@H]5CC[C@]43C)C12.C=C(C)[C@@H]1CC[C@]2(C(=C)OCC)CC[C@]3(C)C(CCC4[C@@]5(C)CC[C@H](O)[C@@](C)(CO)[C@@H]5CC[C@]43C)C12. The van der Waals surface area contributed by atoms with E-state index in [4.69, 9.17) is 4.74 Å².